The van der Waals surface area contributed by atoms with Crippen LogP contribution in [-0.2, 0) is 17.8 Å². The van der Waals surface area contributed by atoms with Crippen molar-refractivity contribution in [1.82, 2.24) is 20.5 Å². The van der Waals surface area contributed by atoms with Gasteiger partial charge in [0, 0.05) is 25.5 Å². The van der Waals surface area contributed by atoms with Crippen LogP contribution in [0.15, 0.2) is 26.9 Å². The second-order valence-corrected chi connectivity index (χ2v) is 6.84. The molecule has 0 radical (unpaired) electrons. The second-order valence-electron chi connectivity index (χ2n) is 5.81. The van der Waals surface area contributed by atoms with Gasteiger partial charge in [0.15, 0.2) is 5.96 Å². The predicted octanol–water partition coefficient (Wildman–Crippen LogP) is 2.34. The molecule has 144 valence electrons. The molecule has 0 saturated heterocycles. The number of aromatic nitrogens is 1. The zero-order valence-electron chi connectivity index (χ0n) is 15.5. The van der Waals surface area contributed by atoms with Crippen molar-refractivity contribution in [3.63, 3.8) is 0 Å². The van der Waals surface area contributed by atoms with Gasteiger partial charge in [0.2, 0.25) is 11.8 Å². The molecular weight excluding hydrogens is 465 g/mol. The van der Waals surface area contributed by atoms with Crippen LogP contribution in [0.25, 0.3) is 0 Å². The fourth-order valence-electron chi connectivity index (χ4n) is 2.00. The Balaban J connectivity index is 0.00000338. The standard InChI is InChI=1S/C17H25N5O2S.HI/c1-12-13(2)24-15(21-12)10-19-17(20-11-16(23)22(3)4)18-8-7-14-6-5-9-25-14;/h5-6,9H,7-8,10-11H2,1-4H3,(H2,18,19,20);1H. The molecule has 0 bridgehead atoms. The number of carbonyl (C=O) groups excluding carboxylic acids is 1. The van der Waals surface area contributed by atoms with E-state index in [0.29, 0.717) is 18.4 Å². The number of nitrogens with one attached hydrogen (secondary N) is 2. The van der Waals surface area contributed by atoms with E-state index in [0.717, 1.165) is 24.4 Å². The van der Waals surface area contributed by atoms with Crippen LogP contribution in [0.5, 0.6) is 0 Å². The molecule has 7 nitrogen and oxygen atoms in total. The summed E-state index contributed by atoms with van der Waals surface area (Å²) >= 11 is 1.73. The van der Waals surface area contributed by atoms with Crippen molar-refractivity contribution in [2.24, 2.45) is 4.99 Å². The molecule has 0 atom stereocenters. The molecule has 0 aliphatic carbocycles. The van der Waals surface area contributed by atoms with Crippen LogP contribution in [0.2, 0.25) is 0 Å². The molecule has 0 unspecified atom stereocenters. The quantitative estimate of drug-likeness (QED) is 0.353. The fourth-order valence-corrected chi connectivity index (χ4v) is 2.70. The molecule has 0 aromatic carbocycles. The normalized spacial score (nSPS) is 11.0. The van der Waals surface area contributed by atoms with Crippen LogP contribution in [-0.4, -0.2) is 48.9 Å². The van der Waals surface area contributed by atoms with Crippen molar-refractivity contribution in [2.45, 2.75) is 26.8 Å². The third-order valence-corrected chi connectivity index (χ3v) is 4.53. The molecule has 2 aromatic rings. The zero-order chi connectivity index (χ0) is 18.2. The highest BCUT2D eigenvalue weighted by molar-refractivity contribution is 14.0. The lowest BCUT2D eigenvalue weighted by Gasteiger charge is -2.12. The Hall–Kier alpha value is -1.62. The van der Waals surface area contributed by atoms with E-state index in [9.17, 15) is 4.79 Å². The molecule has 2 aromatic heterocycles. The Labute approximate surface area is 175 Å². The number of halogens is 1. The van der Waals surface area contributed by atoms with Crippen LogP contribution in [0.3, 0.4) is 0 Å². The smallest absolute Gasteiger partial charge is 0.243 e. The van der Waals surface area contributed by atoms with Crippen molar-refractivity contribution in [1.29, 1.82) is 0 Å². The molecule has 1 amide bonds. The van der Waals surface area contributed by atoms with Crippen molar-refractivity contribution < 1.29 is 9.21 Å². The summed E-state index contributed by atoms with van der Waals surface area (Å²) < 4.78 is 5.56. The first-order valence-electron chi connectivity index (χ1n) is 8.13. The maximum Gasteiger partial charge on any atom is 0.243 e. The number of thiophene rings is 1. The van der Waals surface area contributed by atoms with E-state index in [2.05, 4.69) is 32.1 Å². The molecular formula is C17H26IN5O2S. The molecule has 26 heavy (non-hydrogen) atoms. The third-order valence-electron chi connectivity index (χ3n) is 3.60. The summed E-state index contributed by atoms with van der Waals surface area (Å²) in [4.78, 5) is 23.3. The number of amides is 1. The molecule has 2 heterocycles. The maximum atomic E-state index is 11.8. The van der Waals surface area contributed by atoms with Crippen LogP contribution < -0.4 is 10.6 Å². The Morgan fingerprint density at radius 3 is 2.69 bits per heavy atom. The highest BCUT2D eigenvalue weighted by Gasteiger charge is 2.08. The van der Waals surface area contributed by atoms with Gasteiger partial charge in [0.1, 0.15) is 12.3 Å². The molecule has 0 fully saturated rings. The Morgan fingerprint density at radius 2 is 2.12 bits per heavy atom. The average Bonchev–Trinajstić information content (AvgIpc) is 3.19. The van der Waals surface area contributed by atoms with Gasteiger partial charge in [-0.1, -0.05) is 6.07 Å². The van der Waals surface area contributed by atoms with Crippen LogP contribution in [0.4, 0.5) is 0 Å². The average molecular weight is 491 g/mol. The van der Waals surface area contributed by atoms with E-state index in [-0.39, 0.29) is 36.4 Å². The number of oxazole rings is 1. The van der Waals surface area contributed by atoms with Crippen molar-refractivity contribution in [3.05, 3.63) is 39.7 Å². The van der Waals surface area contributed by atoms with Gasteiger partial charge in [0.25, 0.3) is 0 Å². The predicted molar refractivity (Wildman–Crippen MR) is 115 cm³/mol. The number of likely N-dealkylation sites (N-methyl/N-ethyl adjacent to an activating group) is 1. The molecule has 0 spiro atoms. The molecule has 0 saturated carbocycles. The molecule has 0 aliphatic rings. The lowest BCUT2D eigenvalue weighted by molar-refractivity contribution is -0.127. The van der Waals surface area contributed by atoms with Gasteiger partial charge in [-0.3, -0.25) is 4.79 Å². The van der Waals surface area contributed by atoms with Crippen molar-refractivity contribution in [2.75, 3.05) is 27.2 Å². The third kappa shape index (κ3) is 7.32. The van der Waals surface area contributed by atoms with E-state index < -0.39 is 0 Å². The Kier molecular flexibility index (Phi) is 9.63. The Morgan fingerprint density at radius 1 is 1.35 bits per heavy atom. The fraction of sp³-hybridized carbons (Fsp3) is 0.471. The number of carbonyl (C=O) groups is 1. The number of hydrogen-bond acceptors (Lipinski definition) is 5. The highest BCUT2D eigenvalue weighted by Crippen LogP contribution is 2.08. The van der Waals surface area contributed by atoms with Gasteiger partial charge in [-0.25, -0.2) is 9.98 Å². The first kappa shape index (κ1) is 22.4. The molecule has 2 rings (SSSR count). The summed E-state index contributed by atoms with van der Waals surface area (Å²) in [5, 5.41) is 8.48. The number of guanidine groups is 1. The minimum absolute atomic E-state index is 0. The summed E-state index contributed by atoms with van der Waals surface area (Å²) in [6.45, 7) is 5.02. The van der Waals surface area contributed by atoms with Crippen molar-refractivity contribution >= 4 is 47.2 Å². The van der Waals surface area contributed by atoms with Crippen molar-refractivity contribution in [3.8, 4) is 0 Å². The summed E-state index contributed by atoms with van der Waals surface area (Å²) in [6.07, 6.45) is 0.900. The topological polar surface area (TPSA) is 82.8 Å². The van der Waals surface area contributed by atoms with E-state index >= 15 is 0 Å². The van der Waals surface area contributed by atoms with E-state index in [1.54, 1.807) is 25.4 Å². The minimum atomic E-state index is -0.0535. The second kappa shape index (κ2) is 11.2. The summed E-state index contributed by atoms with van der Waals surface area (Å²) in [5.41, 5.74) is 0.878. The number of nitrogens with zero attached hydrogens (tertiary/aromatic N) is 3. The summed E-state index contributed by atoms with van der Waals surface area (Å²) in [7, 11) is 3.43. The Bertz CT molecular complexity index is 693. The van der Waals surface area contributed by atoms with Gasteiger partial charge in [-0.15, -0.1) is 35.3 Å². The maximum absolute atomic E-state index is 11.8. The van der Waals surface area contributed by atoms with Gasteiger partial charge >= 0.3 is 0 Å². The lowest BCUT2D eigenvalue weighted by Crippen LogP contribution is -2.39. The zero-order valence-corrected chi connectivity index (χ0v) is 18.7. The number of rotatable bonds is 7. The molecule has 9 heteroatoms. The van der Waals surface area contributed by atoms with E-state index in [1.807, 2.05) is 19.9 Å². The van der Waals surface area contributed by atoms with Crippen LogP contribution in [0.1, 0.15) is 22.2 Å². The monoisotopic (exact) mass is 491 g/mol. The lowest BCUT2D eigenvalue weighted by atomic mass is 10.3. The number of aryl methyl sites for hydroxylation is 2. The number of hydrogen-bond donors (Lipinski definition) is 2. The van der Waals surface area contributed by atoms with Gasteiger partial charge in [-0.2, -0.15) is 0 Å². The first-order valence-corrected chi connectivity index (χ1v) is 9.01. The van der Waals surface area contributed by atoms with E-state index in [1.165, 1.54) is 9.78 Å². The first-order chi connectivity index (χ1) is 12.0. The van der Waals surface area contributed by atoms with Gasteiger partial charge in [-0.05, 0) is 31.7 Å². The summed E-state index contributed by atoms with van der Waals surface area (Å²) in [5.74, 6) is 1.92. The van der Waals surface area contributed by atoms with E-state index in [4.69, 9.17) is 4.42 Å². The summed E-state index contributed by atoms with van der Waals surface area (Å²) in [6, 6.07) is 4.14. The van der Waals surface area contributed by atoms with Crippen LogP contribution >= 0.6 is 35.3 Å². The van der Waals surface area contributed by atoms with Crippen LogP contribution in [0, 0.1) is 13.8 Å². The van der Waals surface area contributed by atoms with Gasteiger partial charge < -0.3 is 20.0 Å². The minimum Gasteiger partial charge on any atom is -0.444 e. The van der Waals surface area contributed by atoms with Gasteiger partial charge in [0.05, 0.1) is 12.2 Å². The SMILES string of the molecule is Cc1nc(CNC(=NCC(=O)N(C)C)NCCc2cccs2)oc1C.I. The highest BCUT2D eigenvalue weighted by atomic mass is 127. The molecule has 2 N–H and O–H groups in total. The largest absolute Gasteiger partial charge is 0.444 e. The molecule has 0 aliphatic heterocycles. The number of aliphatic imine (C=N–C) groups is 1.